The van der Waals surface area contributed by atoms with Crippen molar-refractivity contribution in [3.8, 4) is 0 Å². The van der Waals surface area contributed by atoms with Crippen molar-refractivity contribution in [2.45, 2.75) is 4.71 Å². The average molecular weight is 212 g/mol. The van der Waals surface area contributed by atoms with Crippen LogP contribution >= 0.6 is 24.4 Å². The Kier molecular flexibility index (Phi) is 2.71. The smallest absolute Gasteiger partial charge is 0.135 e. The fraction of sp³-hybridized carbons (Fsp3) is 0.333. The summed E-state index contributed by atoms with van der Waals surface area (Å²) in [5.74, 6) is 1.00. The average Bonchev–Trinajstić information content (AvgIpc) is 2.48. The highest BCUT2D eigenvalue weighted by atomic mass is 32.2. The van der Waals surface area contributed by atoms with E-state index in [9.17, 15) is 0 Å². The first-order valence-corrected chi connectivity index (χ1v) is 5.70. The lowest BCUT2D eigenvalue weighted by Crippen LogP contribution is -2.36. The molecule has 1 aliphatic heterocycles. The van der Waals surface area contributed by atoms with Gasteiger partial charge < -0.3 is 0 Å². The molecule has 4 heteroatoms. The molecule has 0 radical (unpaired) electrons. The molecule has 0 N–H and O–H groups in total. The number of hydrazine groups is 1. The van der Waals surface area contributed by atoms with E-state index < -0.39 is 0 Å². The van der Waals surface area contributed by atoms with Crippen LogP contribution < -0.4 is 5.01 Å². The molecule has 1 saturated heterocycles. The van der Waals surface area contributed by atoms with Crippen LogP contribution in [0.4, 0.5) is 5.69 Å². The highest BCUT2D eigenvalue weighted by Gasteiger charge is 2.26. The minimum Gasteiger partial charge on any atom is -0.282 e. The van der Waals surface area contributed by atoms with Crippen molar-refractivity contribution in [1.29, 1.82) is 0 Å². The number of para-hydroxylation sites is 1. The van der Waals surface area contributed by atoms with E-state index >= 15 is 0 Å². The molecule has 2 rings (SSSR count). The predicted molar refractivity (Wildman–Crippen MR) is 61.9 cm³/mol. The summed E-state index contributed by atoms with van der Waals surface area (Å²) in [6.07, 6.45) is 0. The zero-order valence-electron chi connectivity index (χ0n) is 7.42. The van der Waals surface area contributed by atoms with Crippen LogP contribution in [0.15, 0.2) is 30.3 Å². The first kappa shape index (κ1) is 9.24. The van der Waals surface area contributed by atoms with Crippen LogP contribution in [0.25, 0.3) is 0 Å². The summed E-state index contributed by atoms with van der Waals surface area (Å²) in [6.45, 7) is 0. The van der Waals surface area contributed by atoms with Gasteiger partial charge in [0.15, 0.2) is 0 Å². The fourth-order valence-corrected chi connectivity index (χ4v) is 2.79. The van der Waals surface area contributed by atoms with Crippen molar-refractivity contribution < 1.29 is 0 Å². The third kappa shape index (κ3) is 1.80. The molecule has 0 saturated carbocycles. The van der Waals surface area contributed by atoms with Gasteiger partial charge in [0.25, 0.3) is 0 Å². The number of nitrogens with zero attached hydrogens (tertiary/aromatic N) is 2. The van der Waals surface area contributed by atoms with Gasteiger partial charge in [0.2, 0.25) is 0 Å². The van der Waals surface area contributed by atoms with Crippen LogP contribution in [0, 0.1) is 0 Å². The van der Waals surface area contributed by atoms with E-state index in [-0.39, 0.29) is 4.71 Å². The first-order chi connectivity index (χ1) is 6.29. The largest absolute Gasteiger partial charge is 0.282 e. The van der Waals surface area contributed by atoms with Crippen molar-refractivity contribution in [2.75, 3.05) is 17.9 Å². The van der Waals surface area contributed by atoms with Gasteiger partial charge in [-0.2, -0.15) is 0 Å². The van der Waals surface area contributed by atoms with E-state index in [1.165, 1.54) is 5.69 Å². The number of benzene rings is 1. The minimum absolute atomic E-state index is 0.243. The molecule has 1 atom stereocenters. The van der Waals surface area contributed by atoms with Gasteiger partial charge in [0.05, 0.1) is 11.6 Å². The summed E-state index contributed by atoms with van der Waals surface area (Å²) >= 11 is 6.33. The summed E-state index contributed by atoms with van der Waals surface area (Å²) in [5, 5.41) is 4.37. The highest BCUT2D eigenvalue weighted by Crippen LogP contribution is 2.33. The number of thiol groups is 1. The quantitative estimate of drug-likeness (QED) is 0.714. The molecule has 13 heavy (non-hydrogen) atoms. The third-order valence-corrected chi connectivity index (χ3v) is 3.69. The molecular formula is C9H12N2S2. The Morgan fingerprint density at radius 2 is 2.08 bits per heavy atom. The van der Waals surface area contributed by atoms with Gasteiger partial charge in [-0.05, 0) is 12.1 Å². The van der Waals surface area contributed by atoms with Gasteiger partial charge in [-0.1, -0.05) is 18.2 Å². The van der Waals surface area contributed by atoms with Crippen molar-refractivity contribution in [3.63, 3.8) is 0 Å². The maximum absolute atomic E-state index is 4.51. The zero-order valence-corrected chi connectivity index (χ0v) is 9.13. The van der Waals surface area contributed by atoms with Crippen molar-refractivity contribution in [1.82, 2.24) is 5.01 Å². The third-order valence-electron chi connectivity index (χ3n) is 2.01. The first-order valence-electron chi connectivity index (χ1n) is 4.14. The second kappa shape index (κ2) is 3.82. The molecule has 0 bridgehead atoms. The summed E-state index contributed by atoms with van der Waals surface area (Å²) in [7, 11) is 2.08. The maximum atomic E-state index is 4.51. The Hall–Kier alpha value is -0.320. The van der Waals surface area contributed by atoms with Crippen molar-refractivity contribution in [3.05, 3.63) is 30.3 Å². The van der Waals surface area contributed by atoms with E-state index in [1.807, 2.05) is 30.0 Å². The number of anilines is 1. The van der Waals surface area contributed by atoms with Crippen LogP contribution in [0.2, 0.25) is 0 Å². The number of rotatable bonds is 1. The maximum Gasteiger partial charge on any atom is 0.135 e. The minimum atomic E-state index is 0.243. The summed E-state index contributed by atoms with van der Waals surface area (Å²) in [5.41, 5.74) is 1.20. The molecule has 1 heterocycles. The Morgan fingerprint density at radius 3 is 2.62 bits per heavy atom. The van der Waals surface area contributed by atoms with Crippen LogP contribution in [0.3, 0.4) is 0 Å². The van der Waals surface area contributed by atoms with E-state index in [1.54, 1.807) is 0 Å². The number of thioether (sulfide) groups is 1. The van der Waals surface area contributed by atoms with Gasteiger partial charge in [-0.15, -0.1) is 24.4 Å². The normalized spacial score (nSPS) is 23.8. The van der Waals surface area contributed by atoms with Crippen LogP contribution in [0.5, 0.6) is 0 Å². The monoisotopic (exact) mass is 212 g/mol. The van der Waals surface area contributed by atoms with Gasteiger partial charge in [0.1, 0.15) is 4.71 Å². The van der Waals surface area contributed by atoms with E-state index in [4.69, 9.17) is 0 Å². The van der Waals surface area contributed by atoms with E-state index in [2.05, 4.69) is 41.8 Å². The molecule has 1 unspecified atom stereocenters. The molecule has 2 nitrogen and oxygen atoms in total. The van der Waals surface area contributed by atoms with Crippen LogP contribution in [-0.2, 0) is 0 Å². The molecule has 1 aromatic carbocycles. The Morgan fingerprint density at radius 1 is 1.38 bits per heavy atom. The Labute approximate surface area is 88.3 Å². The van der Waals surface area contributed by atoms with Crippen LogP contribution in [0.1, 0.15) is 0 Å². The number of hydrogen-bond acceptors (Lipinski definition) is 4. The molecule has 0 spiro atoms. The lowest BCUT2D eigenvalue weighted by Gasteiger charge is -2.28. The van der Waals surface area contributed by atoms with Gasteiger partial charge in [0, 0.05) is 7.05 Å². The highest BCUT2D eigenvalue weighted by molar-refractivity contribution is 8.10. The Bertz CT molecular complexity index is 268. The molecule has 70 valence electrons. The SMILES string of the molecule is CN1CSC(S)N1c1ccccc1. The molecule has 1 aromatic rings. The molecular weight excluding hydrogens is 200 g/mol. The molecule has 0 aliphatic carbocycles. The molecule has 1 aliphatic rings. The van der Waals surface area contributed by atoms with Crippen molar-refractivity contribution in [2.24, 2.45) is 0 Å². The fourth-order valence-electron chi connectivity index (χ4n) is 1.38. The summed E-state index contributed by atoms with van der Waals surface area (Å²) in [4.78, 5) is 0. The van der Waals surface area contributed by atoms with Crippen molar-refractivity contribution >= 4 is 30.1 Å². The van der Waals surface area contributed by atoms with Gasteiger partial charge in [-0.3, -0.25) is 5.01 Å². The molecule has 1 fully saturated rings. The standard InChI is InChI=1S/C9H12N2S2/c1-10-7-13-9(12)11(10)8-5-3-2-4-6-8/h2-6,9,12H,7H2,1H3. The zero-order chi connectivity index (χ0) is 9.26. The molecule has 0 aromatic heterocycles. The topological polar surface area (TPSA) is 6.48 Å². The second-order valence-electron chi connectivity index (χ2n) is 2.96. The second-order valence-corrected chi connectivity index (χ2v) is 4.84. The van der Waals surface area contributed by atoms with Crippen LogP contribution in [-0.4, -0.2) is 22.6 Å². The lowest BCUT2D eigenvalue weighted by molar-refractivity contribution is 0.389. The van der Waals surface area contributed by atoms with E-state index in [0.717, 1.165) is 5.88 Å². The number of hydrogen-bond donors (Lipinski definition) is 1. The summed E-state index contributed by atoms with van der Waals surface area (Å²) < 4.78 is 0.243. The predicted octanol–water partition coefficient (Wildman–Crippen LogP) is 2.26. The lowest BCUT2D eigenvalue weighted by atomic mass is 10.3. The van der Waals surface area contributed by atoms with Gasteiger partial charge >= 0.3 is 0 Å². The Balaban J connectivity index is 2.25. The molecule has 0 amide bonds. The van der Waals surface area contributed by atoms with Gasteiger partial charge in [-0.25, -0.2) is 5.01 Å². The van der Waals surface area contributed by atoms with E-state index in [0.29, 0.717) is 0 Å². The summed E-state index contributed by atoms with van der Waals surface area (Å²) in [6, 6.07) is 10.3.